The summed E-state index contributed by atoms with van der Waals surface area (Å²) in [5.41, 5.74) is 0.451. The average Bonchev–Trinajstić information content (AvgIpc) is 2.77. The molecule has 3 aliphatic rings. The predicted octanol–water partition coefficient (Wildman–Crippen LogP) is -0.679. The molecule has 0 N–H and O–H groups in total. The summed E-state index contributed by atoms with van der Waals surface area (Å²) >= 11 is 0. The lowest BCUT2D eigenvalue weighted by atomic mass is 10.0. The monoisotopic (exact) mass is 299 g/mol. The van der Waals surface area contributed by atoms with Crippen LogP contribution in [0.5, 0.6) is 0 Å². The predicted molar refractivity (Wildman–Crippen MR) is 77.8 cm³/mol. The van der Waals surface area contributed by atoms with Crippen molar-refractivity contribution in [2.75, 3.05) is 7.05 Å². The van der Waals surface area contributed by atoms with E-state index in [1.165, 1.54) is 16.6 Å². The maximum atomic E-state index is 12.4. The standard InChI is InChI=1S/C14H13N5O3/c1-16-11-9(8-6-4-3-5-7-8)15-10(12(16)20)18-13(21)17(2)14(22)19(11)18/h3-7,10-11H,1-2H3. The fourth-order valence-corrected chi connectivity index (χ4v) is 3.03. The van der Waals surface area contributed by atoms with E-state index in [4.69, 9.17) is 0 Å². The van der Waals surface area contributed by atoms with Gasteiger partial charge < -0.3 is 4.90 Å². The van der Waals surface area contributed by atoms with Crippen LogP contribution in [0.3, 0.4) is 0 Å². The Morgan fingerprint density at radius 2 is 1.59 bits per heavy atom. The third-order valence-corrected chi connectivity index (χ3v) is 4.17. The summed E-state index contributed by atoms with van der Waals surface area (Å²) < 4.78 is 3.45. The highest BCUT2D eigenvalue weighted by Gasteiger charge is 2.47. The van der Waals surface area contributed by atoms with E-state index in [-0.39, 0.29) is 5.91 Å². The van der Waals surface area contributed by atoms with Crippen molar-refractivity contribution in [1.82, 2.24) is 18.8 Å². The van der Waals surface area contributed by atoms with Crippen LogP contribution in [0.1, 0.15) is 17.9 Å². The van der Waals surface area contributed by atoms with Crippen molar-refractivity contribution < 1.29 is 4.79 Å². The minimum Gasteiger partial charge on any atom is -0.315 e. The highest BCUT2D eigenvalue weighted by Crippen LogP contribution is 2.32. The summed E-state index contributed by atoms with van der Waals surface area (Å²) in [6, 6.07) is 9.35. The molecule has 0 saturated carbocycles. The van der Waals surface area contributed by atoms with Gasteiger partial charge in [0.05, 0.1) is 5.71 Å². The van der Waals surface area contributed by atoms with E-state index in [0.29, 0.717) is 5.71 Å². The van der Waals surface area contributed by atoms with Crippen LogP contribution < -0.4 is 11.4 Å². The van der Waals surface area contributed by atoms with Crippen molar-refractivity contribution in [3.8, 4) is 0 Å². The van der Waals surface area contributed by atoms with E-state index >= 15 is 0 Å². The number of rotatable bonds is 1. The smallest absolute Gasteiger partial charge is 0.315 e. The number of hydrogen-bond donors (Lipinski definition) is 0. The van der Waals surface area contributed by atoms with Gasteiger partial charge in [0.1, 0.15) is 0 Å². The van der Waals surface area contributed by atoms with Crippen LogP contribution in [0.25, 0.3) is 0 Å². The van der Waals surface area contributed by atoms with Crippen LogP contribution in [0.15, 0.2) is 44.9 Å². The SMILES string of the molecule is CN1C(=O)C2N=C(c3ccccc3)C1n1c(=O)n(C)c(=O)n12. The van der Waals surface area contributed by atoms with E-state index in [9.17, 15) is 14.4 Å². The van der Waals surface area contributed by atoms with Crippen LogP contribution >= 0.6 is 0 Å². The van der Waals surface area contributed by atoms with Gasteiger partial charge in [0, 0.05) is 14.1 Å². The van der Waals surface area contributed by atoms with Gasteiger partial charge in [-0.15, -0.1) is 0 Å². The zero-order valence-corrected chi connectivity index (χ0v) is 12.0. The van der Waals surface area contributed by atoms with Crippen molar-refractivity contribution in [2.24, 2.45) is 12.0 Å². The van der Waals surface area contributed by atoms with Crippen LogP contribution in [0.4, 0.5) is 0 Å². The molecule has 2 aromatic rings. The van der Waals surface area contributed by atoms with Gasteiger partial charge in [-0.25, -0.2) is 19.1 Å². The number of benzene rings is 1. The molecule has 0 saturated heterocycles. The number of aromatic nitrogens is 3. The molecule has 3 aliphatic heterocycles. The number of hydrogen-bond acceptors (Lipinski definition) is 4. The lowest BCUT2D eigenvalue weighted by Gasteiger charge is -2.42. The minimum atomic E-state index is -1.02. The first-order valence-corrected chi connectivity index (χ1v) is 6.82. The lowest BCUT2D eigenvalue weighted by Crippen LogP contribution is -2.58. The maximum absolute atomic E-state index is 12.4. The quantitative estimate of drug-likeness (QED) is 0.699. The first-order chi connectivity index (χ1) is 10.5. The molecule has 0 aliphatic carbocycles. The van der Waals surface area contributed by atoms with Crippen molar-refractivity contribution in [1.29, 1.82) is 0 Å². The van der Waals surface area contributed by atoms with Crippen LogP contribution in [-0.4, -0.2) is 37.5 Å². The summed E-state index contributed by atoms with van der Waals surface area (Å²) in [5.74, 6) is -0.294. The number of fused-ring (bicyclic) bond motifs is 1. The number of amides is 1. The summed E-state index contributed by atoms with van der Waals surface area (Å²) in [4.78, 5) is 42.8. The van der Waals surface area contributed by atoms with Crippen molar-refractivity contribution >= 4 is 11.6 Å². The third-order valence-electron chi connectivity index (χ3n) is 4.17. The van der Waals surface area contributed by atoms with Gasteiger partial charge in [-0.2, -0.15) is 9.36 Å². The minimum absolute atomic E-state index is 0.294. The molecule has 1 aromatic heterocycles. The Balaban J connectivity index is 2.04. The molecule has 112 valence electrons. The van der Waals surface area contributed by atoms with E-state index < -0.39 is 23.7 Å². The molecular formula is C14H13N5O3. The first-order valence-electron chi connectivity index (χ1n) is 6.82. The topological polar surface area (TPSA) is 81.6 Å². The molecule has 8 heteroatoms. The van der Waals surface area contributed by atoms with Gasteiger partial charge in [0.2, 0.25) is 6.17 Å². The summed E-state index contributed by atoms with van der Waals surface area (Å²) in [5, 5.41) is 0. The van der Waals surface area contributed by atoms with Gasteiger partial charge in [-0.3, -0.25) is 4.79 Å². The molecule has 1 amide bonds. The molecular weight excluding hydrogens is 286 g/mol. The number of carbonyl (C=O) groups excluding carboxylic acids is 1. The Hall–Kier alpha value is -2.90. The molecule has 8 nitrogen and oxygen atoms in total. The Bertz CT molecular complexity index is 934. The zero-order valence-electron chi connectivity index (χ0n) is 12.0. The number of aliphatic imine (C=N–C) groups is 1. The Kier molecular flexibility index (Phi) is 2.37. The van der Waals surface area contributed by atoms with Crippen LogP contribution in [0.2, 0.25) is 0 Å². The maximum Gasteiger partial charge on any atom is 0.349 e. The molecule has 5 rings (SSSR count). The molecule has 0 fully saturated rings. The molecule has 1 aromatic carbocycles. The second kappa shape index (κ2) is 4.06. The molecule has 2 atom stereocenters. The molecule has 22 heavy (non-hydrogen) atoms. The van der Waals surface area contributed by atoms with E-state index in [1.807, 2.05) is 30.3 Å². The van der Waals surface area contributed by atoms with Gasteiger partial charge in [0.25, 0.3) is 5.91 Å². The Labute approximate surface area is 124 Å². The number of likely N-dealkylation sites (N-methyl/N-ethyl adjacent to an activating group) is 1. The van der Waals surface area contributed by atoms with Gasteiger partial charge in [0.15, 0.2) is 6.17 Å². The molecule has 0 spiro atoms. The molecule has 2 bridgehead atoms. The largest absolute Gasteiger partial charge is 0.349 e. The van der Waals surface area contributed by atoms with E-state index in [1.54, 1.807) is 7.05 Å². The third kappa shape index (κ3) is 1.36. The van der Waals surface area contributed by atoms with Crippen molar-refractivity contribution in [2.45, 2.75) is 12.3 Å². The molecule has 0 radical (unpaired) electrons. The van der Waals surface area contributed by atoms with Crippen molar-refractivity contribution in [3.05, 3.63) is 56.9 Å². The Morgan fingerprint density at radius 3 is 2.27 bits per heavy atom. The van der Waals surface area contributed by atoms with E-state index in [0.717, 1.165) is 14.8 Å². The van der Waals surface area contributed by atoms with Crippen LogP contribution in [-0.2, 0) is 11.8 Å². The van der Waals surface area contributed by atoms with Gasteiger partial charge in [-0.05, 0) is 5.56 Å². The lowest BCUT2D eigenvalue weighted by molar-refractivity contribution is -0.142. The second-order valence-corrected chi connectivity index (χ2v) is 5.39. The zero-order chi connectivity index (χ0) is 15.6. The van der Waals surface area contributed by atoms with Crippen LogP contribution in [0, 0.1) is 0 Å². The Morgan fingerprint density at radius 1 is 0.955 bits per heavy atom. The van der Waals surface area contributed by atoms with Gasteiger partial charge in [-0.1, -0.05) is 30.3 Å². The summed E-state index contributed by atoms with van der Waals surface area (Å²) in [7, 11) is 3.01. The molecule has 2 unspecified atom stereocenters. The normalized spacial score (nSPS) is 22.7. The number of carbonyl (C=O) groups is 1. The summed E-state index contributed by atoms with van der Waals surface area (Å²) in [6.45, 7) is 0. The highest BCUT2D eigenvalue weighted by atomic mass is 16.2. The fraction of sp³-hybridized carbons (Fsp3) is 0.286. The fourth-order valence-electron chi connectivity index (χ4n) is 3.03. The number of nitrogens with zero attached hydrogens (tertiary/aromatic N) is 5. The first kappa shape index (κ1) is 12.8. The molecule has 4 heterocycles. The summed E-state index contributed by atoms with van der Waals surface area (Å²) in [6.07, 6.45) is -1.73. The van der Waals surface area contributed by atoms with Gasteiger partial charge >= 0.3 is 11.4 Å². The average molecular weight is 299 g/mol. The highest BCUT2D eigenvalue weighted by molar-refractivity contribution is 6.08. The van der Waals surface area contributed by atoms with E-state index in [2.05, 4.69) is 4.99 Å². The van der Waals surface area contributed by atoms with Crippen molar-refractivity contribution in [3.63, 3.8) is 0 Å². The second-order valence-electron chi connectivity index (χ2n) is 5.39.